The molecule has 1 saturated heterocycles. The molecule has 1 heterocycles. The predicted octanol–water partition coefficient (Wildman–Crippen LogP) is 6.39. The number of aliphatic hydroxyl groups is 1. The van der Waals surface area contributed by atoms with Gasteiger partial charge in [0.15, 0.2) is 30.8 Å². The van der Waals surface area contributed by atoms with Crippen molar-refractivity contribution in [1.82, 2.24) is 0 Å². The molecule has 12 heteroatoms. The first-order valence-electron chi connectivity index (χ1n) is 15.7. The third-order valence-electron chi connectivity index (χ3n) is 7.53. The minimum absolute atomic E-state index is 0.150. The molecule has 1 fully saturated rings. The highest BCUT2D eigenvalue weighted by Crippen LogP contribution is 2.33. The summed E-state index contributed by atoms with van der Waals surface area (Å²) in [5.41, 5.74) is 9.66. The number of benzene rings is 3. The number of carbonyl (C=O) groups is 3. The molecule has 4 rings (SSSR count). The Morgan fingerprint density at radius 2 is 1.17 bits per heavy atom. The zero-order valence-electron chi connectivity index (χ0n) is 26.1. The molecule has 12 nitrogen and oxygen atoms in total. The predicted molar refractivity (Wildman–Crippen MR) is 170 cm³/mol. The molecule has 0 aromatic heterocycles. The van der Waals surface area contributed by atoms with Crippen LogP contribution in [0.25, 0.3) is 10.4 Å². The van der Waals surface area contributed by atoms with E-state index in [0.717, 1.165) is 32.1 Å². The Balaban J connectivity index is 1.72. The number of nitrogens with zero attached hydrogens (tertiary/aromatic N) is 3. The van der Waals surface area contributed by atoms with Crippen molar-refractivity contribution >= 4 is 17.9 Å². The van der Waals surface area contributed by atoms with E-state index in [2.05, 4.69) is 16.9 Å². The van der Waals surface area contributed by atoms with E-state index in [1.54, 1.807) is 66.7 Å². The van der Waals surface area contributed by atoms with Crippen molar-refractivity contribution in [2.24, 2.45) is 5.11 Å². The van der Waals surface area contributed by atoms with Crippen molar-refractivity contribution in [3.8, 4) is 0 Å². The van der Waals surface area contributed by atoms with Crippen LogP contribution in [-0.2, 0) is 23.7 Å². The van der Waals surface area contributed by atoms with Crippen LogP contribution in [0.5, 0.6) is 0 Å². The van der Waals surface area contributed by atoms with Gasteiger partial charge in [0.05, 0.1) is 16.7 Å². The van der Waals surface area contributed by atoms with Crippen LogP contribution in [0.1, 0.15) is 76.5 Å². The molecule has 1 aliphatic rings. The molecule has 1 N–H and O–H groups in total. The number of esters is 3. The first kappa shape index (κ1) is 35.1. The summed E-state index contributed by atoms with van der Waals surface area (Å²) in [4.78, 5) is 42.9. The molecule has 0 amide bonds. The maximum absolute atomic E-state index is 13.5. The van der Waals surface area contributed by atoms with E-state index in [4.69, 9.17) is 29.2 Å². The maximum Gasteiger partial charge on any atom is 0.338 e. The van der Waals surface area contributed by atoms with Gasteiger partial charge in [0.25, 0.3) is 0 Å². The van der Waals surface area contributed by atoms with Crippen molar-refractivity contribution in [3.63, 3.8) is 0 Å². The van der Waals surface area contributed by atoms with Crippen LogP contribution in [0, 0.1) is 0 Å². The van der Waals surface area contributed by atoms with Crippen molar-refractivity contribution < 1.29 is 43.2 Å². The highest BCUT2D eigenvalue weighted by atomic mass is 16.7. The smallest absolute Gasteiger partial charge is 0.338 e. The lowest BCUT2D eigenvalue weighted by atomic mass is 9.96. The number of azide groups is 1. The lowest BCUT2D eigenvalue weighted by molar-refractivity contribution is -0.307. The van der Waals surface area contributed by atoms with Gasteiger partial charge in [-0.2, -0.15) is 0 Å². The van der Waals surface area contributed by atoms with Gasteiger partial charge in [-0.15, -0.1) is 0 Å². The van der Waals surface area contributed by atoms with Crippen molar-refractivity contribution in [1.29, 1.82) is 0 Å². The largest absolute Gasteiger partial charge is 0.452 e. The molecule has 0 bridgehead atoms. The lowest BCUT2D eigenvalue weighted by Gasteiger charge is -2.45. The van der Waals surface area contributed by atoms with Gasteiger partial charge in [0.2, 0.25) is 0 Å². The van der Waals surface area contributed by atoms with E-state index in [0.29, 0.717) is 6.42 Å². The SMILES string of the molecule is CCCCCCCCO[C@H]1O[C@H](C(O)N=[N+]=[N-])[C@@H](OC(=O)c2ccccc2)[C@H](OC(=O)c2ccccc2)[C@@H]1OC(=O)c1ccccc1. The van der Waals surface area contributed by atoms with Gasteiger partial charge in [-0.25, -0.2) is 14.4 Å². The summed E-state index contributed by atoms with van der Waals surface area (Å²) in [6.07, 6.45) is -3.71. The average molecular weight is 646 g/mol. The summed E-state index contributed by atoms with van der Waals surface area (Å²) >= 11 is 0. The van der Waals surface area contributed by atoms with E-state index in [1.807, 2.05) is 0 Å². The standard InChI is InChI=1S/C35H39N3O9/c1-2-3-4-5-6-16-23-43-35-30(46-34(42)26-21-14-9-15-22-26)28(45-33(41)25-19-12-8-13-20-25)27(29(47-35)31(39)37-38-36)44-32(40)24-17-10-7-11-18-24/h7-15,17-22,27-31,35,39H,2-6,16,23H2,1H3/t27-,28-,29-,30-,31?,35-/m0/s1. The van der Waals surface area contributed by atoms with Gasteiger partial charge in [-0.1, -0.05) is 98.7 Å². The first-order valence-corrected chi connectivity index (χ1v) is 15.7. The Labute approximate surface area is 273 Å². The third kappa shape index (κ3) is 10.1. The quantitative estimate of drug-likeness (QED) is 0.0463. The number of aliphatic hydroxyl groups excluding tert-OH is 1. The van der Waals surface area contributed by atoms with E-state index >= 15 is 0 Å². The molecule has 6 atom stereocenters. The molecule has 47 heavy (non-hydrogen) atoms. The van der Waals surface area contributed by atoms with Crippen molar-refractivity contribution in [3.05, 3.63) is 118 Å². The van der Waals surface area contributed by atoms with E-state index < -0.39 is 54.8 Å². The summed E-state index contributed by atoms with van der Waals surface area (Å²) in [5, 5.41) is 14.3. The molecule has 1 aliphatic heterocycles. The van der Waals surface area contributed by atoms with Gasteiger partial charge in [-0.05, 0) is 48.4 Å². The summed E-state index contributed by atoms with van der Waals surface area (Å²) < 4.78 is 29.8. The van der Waals surface area contributed by atoms with Gasteiger partial charge in [0, 0.05) is 11.5 Å². The molecule has 3 aromatic rings. The number of ether oxygens (including phenoxy) is 5. The first-order chi connectivity index (χ1) is 22.9. The van der Waals surface area contributed by atoms with Crippen LogP contribution in [0.15, 0.2) is 96.1 Å². The summed E-state index contributed by atoms with van der Waals surface area (Å²) in [7, 11) is 0. The van der Waals surface area contributed by atoms with Crippen molar-refractivity contribution in [2.45, 2.75) is 82.4 Å². The Hall–Kier alpha value is -4.74. The van der Waals surface area contributed by atoms with E-state index in [1.165, 1.54) is 24.3 Å². The fourth-order valence-corrected chi connectivity index (χ4v) is 5.10. The van der Waals surface area contributed by atoms with Crippen LogP contribution in [-0.4, -0.2) is 66.6 Å². The fourth-order valence-electron chi connectivity index (χ4n) is 5.10. The normalized spacial score (nSPS) is 21.1. The molecule has 0 saturated carbocycles. The van der Waals surface area contributed by atoms with Gasteiger partial charge >= 0.3 is 17.9 Å². The Kier molecular flexibility index (Phi) is 13.8. The summed E-state index contributed by atoms with van der Waals surface area (Å²) in [5.74, 6) is -2.46. The number of rotatable bonds is 16. The second kappa shape index (κ2) is 18.4. The average Bonchev–Trinajstić information content (AvgIpc) is 3.10. The molecule has 248 valence electrons. The monoisotopic (exact) mass is 645 g/mol. The zero-order chi connectivity index (χ0) is 33.4. The van der Waals surface area contributed by atoms with Crippen LogP contribution in [0.2, 0.25) is 0 Å². The Bertz CT molecular complexity index is 1470. The van der Waals surface area contributed by atoms with E-state index in [-0.39, 0.29) is 23.3 Å². The maximum atomic E-state index is 13.5. The summed E-state index contributed by atoms with van der Waals surface area (Å²) in [6, 6.07) is 24.2. The van der Waals surface area contributed by atoms with Crippen LogP contribution < -0.4 is 0 Å². The fraction of sp³-hybridized carbons (Fsp3) is 0.400. The van der Waals surface area contributed by atoms with Gasteiger partial charge < -0.3 is 28.8 Å². The molecule has 3 aromatic carbocycles. The van der Waals surface area contributed by atoms with Crippen LogP contribution >= 0.6 is 0 Å². The van der Waals surface area contributed by atoms with Crippen LogP contribution in [0.4, 0.5) is 0 Å². The van der Waals surface area contributed by atoms with Gasteiger partial charge in [-0.3, -0.25) is 0 Å². The highest BCUT2D eigenvalue weighted by molar-refractivity contribution is 5.91. The number of carbonyl (C=O) groups excluding carboxylic acids is 3. The number of unbranched alkanes of at least 4 members (excludes halogenated alkanes) is 5. The molecular weight excluding hydrogens is 606 g/mol. The number of hydrogen-bond donors (Lipinski definition) is 1. The van der Waals surface area contributed by atoms with Crippen molar-refractivity contribution in [2.75, 3.05) is 6.61 Å². The molecule has 0 aliphatic carbocycles. The van der Waals surface area contributed by atoms with Gasteiger partial charge in [0.1, 0.15) is 6.10 Å². The highest BCUT2D eigenvalue weighted by Gasteiger charge is 2.55. The second-order valence-corrected chi connectivity index (χ2v) is 10.9. The topological polar surface area (TPSA) is 166 Å². The number of hydrogen-bond acceptors (Lipinski definition) is 10. The Morgan fingerprint density at radius 1 is 0.723 bits per heavy atom. The lowest BCUT2D eigenvalue weighted by Crippen LogP contribution is -2.64. The molecule has 0 radical (unpaired) electrons. The summed E-state index contributed by atoms with van der Waals surface area (Å²) in [6.45, 7) is 2.31. The molecule has 1 unspecified atom stereocenters. The molecule has 0 spiro atoms. The zero-order valence-corrected chi connectivity index (χ0v) is 26.1. The minimum atomic E-state index is -1.91. The third-order valence-corrected chi connectivity index (χ3v) is 7.53. The minimum Gasteiger partial charge on any atom is -0.452 e. The Morgan fingerprint density at radius 3 is 1.66 bits per heavy atom. The molecular formula is C35H39N3O9. The van der Waals surface area contributed by atoms with Crippen LogP contribution in [0.3, 0.4) is 0 Å². The second-order valence-electron chi connectivity index (χ2n) is 10.9. The van der Waals surface area contributed by atoms with E-state index in [9.17, 15) is 19.5 Å².